The van der Waals surface area contributed by atoms with Crippen LogP contribution in [0.4, 0.5) is 4.39 Å². The summed E-state index contributed by atoms with van der Waals surface area (Å²) in [6.45, 7) is 1.23. The van der Waals surface area contributed by atoms with Crippen molar-refractivity contribution in [1.82, 2.24) is 0 Å². The molecule has 1 aromatic carbocycles. The normalized spacial score (nSPS) is 11.9. The lowest BCUT2D eigenvalue weighted by molar-refractivity contribution is -0.117. The molecule has 0 spiro atoms. The minimum Gasteiger partial charge on any atom is -0.298 e. The molecule has 0 radical (unpaired) electrons. The Morgan fingerprint density at radius 1 is 1.64 bits per heavy atom. The van der Waals surface area contributed by atoms with Crippen molar-refractivity contribution in [2.75, 3.05) is 0 Å². The lowest BCUT2D eigenvalue weighted by Crippen LogP contribution is -2.09. The van der Waals surface area contributed by atoms with Gasteiger partial charge >= 0.3 is 0 Å². The minimum atomic E-state index is -1.12. The van der Waals surface area contributed by atoms with E-state index in [2.05, 4.69) is 0 Å². The number of hydrogen-bond donors (Lipinski definition) is 0. The van der Waals surface area contributed by atoms with Crippen LogP contribution in [-0.2, 0) is 4.79 Å². The highest BCUT2D eigenvalue weighted by atomic mass is 35.5. The second-order valence-corrected chi connectivity index (χ2v) is 3.22. The number of nitrogens with zero attached hydrogens (tertiary/aromatic N) is 1. The number of rotatable bonds is 2. The van der Waals surface area contributed by atoms with Crippen LogP contribution < -0.4 is 0 Å². The van der Waals surface area contributed by atoms with E-state index in [1.165, 1.54) is 25.1 Å². The predicted molar refractivity (Wildman–Crippen MR) is 50.4 cm³/mol. The number of hydrogen-bond acceptors (Lipinski definition) is 2. The smallest absolute Gasteiger partial charge is 0.151 e. The molecule has 0 aromatic heterocycles. The Morgan fingerprint density at radius 3 is 2.71 bits per heavy atom. The van der Waals surface area contributed by atoms with Crippen molar-refractivity contribution in [2.45, 2.75) is 12.8 Å². The second kappa shape index (κ2) is 4.21. The molecule has 0 amide bonds. The molecule has 1 atom stereocenters. The maximum absolute atomic E-state index is 13.3. The van der Waals surface area contributed by atoms with Gasteiger partial charge in [0.15, 0.2) is 5.78 Å². The van der Waals surface area contributed by atoms with E-state index in [1.54, 1.807) is 6.07 Å². The summed E-state index contributed by atoms with van der Waals surface area (Å²) in [5.74, 6) is -2.16. The minimum absolute atomic E-state index is 0.0378. The van der Waals surface area contributed by atoms with Crippen molar-refractivity contribution >= 4 is 17.4 Å². The van der Waals surface area contributed by atoms with Gasteiger partial charge in [0.2, 0.25) is 0 Å². The molecular weight excluding hydrogens is 205 g/mol. The van der Waals surface area contributed by atoms with Gasteiger partial charge in [-0.3, -0.25) is 4.79 Å². The van der Waals surface area contributed by atoms with Crippen LogP contribution in [0.5, 0.6) is 0 Å². The van der Waals surface area contributed by atoms with Crippen molar-refractivity contribution in [3.05, 3.63) is 34.6 Å². The van der Waals surface area contributed by atoms with Crippen LogP contribution in [0.1, 0.15) is 18.4 Å². The zero-order chi connectivity index (χ0) is 10.7. The van der Waals surface area contributed by atoms with E-state index in [9.17, 15) is 9.18 Å². The highest BCUT2D eigenvalue weighted by Gasteiger charge is 2.22. The van der Waals surface area contributed by atoms with Crippen LogP contribution in [0.25, 0.3) is 0 Å². The van der Waals surface area contributed by atoms with Crippen molar-refractivity contribution in [3.8, 4) is 6.07 Å². The van der Waals surface area contributed by atoms with E-state index < -0.39 is 17.5 Å². The summed E-state index contributed by atoms with van der Waals surface area (Å²) in [4.78, 5) is 11.0. The molecule has 0 heterocycles. The summed E-state index contributed by atoms with van der Waals surface area (Å²) in [7, 11) is 0. The fourth-order valence-corrected chi connectivity index (χ4v) is 1.42. The van der Waals surface area contributed by atoms with Crippen LogP contribution in [-0.4, -0.2) is 5.78 Å². The van der Waals surface area contributed by atoms with Gasteiger partial charge in [0.05, 0.1) is 6.07 Å². The largest absolute Gasteiger partial charge is 0.298 e. The van der Waals surface area contributed by atoms with Gasteiger partial charge in [-0.15, -0.1) is 0 Å². The molecule has 0 bridgehead atoms. The standard InChI is InChI=1S/C10H7ClFNO/c1-6(14)7(5-13)10-8(11)3-2-4-9(10)12/h2-4,7H,1H3/t7-/m0/s1. The number of ketones is 1. The van der Waals surface area contributed by atoms with E-state index in [4.69, 9.17) is 16.9 Å². The molecule has 0 unspecified atom stereocenters. The molecule has 0 aliphatic carbocycles. The molecule has 0 aliphatic rings. The van der Waals surface area contributed by atoms with Crippen molar-refractivity contribution in [1.29, 1.82) is 5.26 Å². The first kappa shape index (κ1) is 10.7. The van der Waals surface area contributed by atoms with Crippen LogP contribution >= 0.6 is 11.6 Å². The number of benzene rings is 1. The third-order valence-corrected chi connectivity index (χ3v) is 2.15. The zero-order valence-electron chi connectivity index (χ0n) is 7.42. The van der Waals surface area contributed by atoms with E-state index >= 15 is 0 Å². The summed E-state index contributed by atoms with van der Waals surface area (Å²) < 4.78 is 13.3. The Kier molecular flexibility index (Phi) is 3.21. The molecule has 0 N–H and O–H groups in total. The number of Topliss-reactive ketones (excluding diaryl/α,β-unsaturated/α-hetero) is 1. The summed E-state index contributed by atoms with van der Waals surface area (Å²) in [6.07, 6.45) is 0. The topological polar surface area (TPSA) is 40.9 Å². The Hall–Kier alpha value is -1.40. The van der Waals surface area contributed by atoms with E-state index in [1.807, 2.05) is 0 Å². The highest BCUT2D eigenvalue weighted by molar-refractivity contribution is 6.31. The SMILES string of the molecule is CC(=O)[C@H](C#N)c1c(F)cccc1Cl. The number of carbonyl (C=O) groups is 1. The van der Waals surface area contributed by atoms with Gasteiger partial charge in [-0.25, -0.2) is 4.39 Å². The Balaban J connectivity index is 3.31. The molecule has 0 fully saturated rings. The summed E-state index contributed by atoms with van der Waals surface area (Å²) >= 11 is 5.70. The highest BCUT2D eigenvalue weighted by Crippen LogP contribution is 2.27. The molecule has 1 aromatic rings. The van der Waals surface area contributed by atoms with Crippen LogP contribution in [0.15, 0.2) is 18.2 Å². The Morgan fingerprint density at radius 2 is 2.29 bits per heavy atom. The first-order chi connectivity index (χ1) is 6.57. The summed E-state index contributed by atoms with van der Waals surface area (Å²) in [5.41, 5.74) is -0.0378. The van der Waals surface area contributed by atoms with Gasteiger partial charge in [0.1, 0.15) is 11.7 Å². The molecule has 2 nitrogen and oxygen atoms in total. The molecule has 72 valence electrons. The lowest BCUT2D eigenvalue weighted by Gasteiger charge is -2.08. The third kappa shape index (κ3) is 1.91. The maximum Gasteiger partial charge on any atom is 0.151 e. The predicted octanol–water partition coefficient (Wildman–Crippen LogP) is 2.68. The Labute approximate surface area is 85.9 Å². The number of halogens is 2. The van der Waals surface area contributed by atoms with Crippen molar-refractivity contribution in [2.24, 2.45) is 0 Å². The Bertz CT molecular complexity index is 391. The first-order valence-corrected chi connectivity index (χ1v) is 4.29. The molecular formula is C10H7ClFNO. The fraction of sp³-hybridized carbons (Fsp3) is 0.200. The lowest BCUT2D eigenvalue weighted by atomic mass is 9.96. The summed E-state index contributed by atoms with van der Waals surface area (Å²) in [5, 5.41) is 8.81. The average Bonchev–Trinajstić information content (AvgIpc) is 2.10. The van der Waals surface area contributed by atoms with Gasteiger partial charge in [-0.2, -0.15) is 5.26 Å². The monoisotopic (exact) mass is 211 g/mol. The van der Waals surface area contributed by atoms with Gasteiger partial charge in [-0.05, 0) is 19.1 Å². The quantitative estimate of drug-likeness (QED) is 0.755. The molecule has 0 aliphatic heterocycles. The molecule has 0 saturated heterocycles. The van der Waals surface area contributed by atoms with Crippen LogP contribution in [0.3, 0.4) is 0 Å². The molecule has 0 saturated carbocycles. The molecule has 4 heteroatoms. The van der Waals surface area contributed by atoms with E-state index in [-0.39, 0.29) is 10.6 Å². The number of carbonyl (C=O) groups excluding carboxylic acids is 1. The second-order valence-electron chi connectivity index (χ2n) is 2.81. The summed E-state index contributed by atoms with van der Waals surface area (Å²) in [6, 6.07) is 5.78. The van der Waals surface area contributed by atoms with Crippen molar-refractivity contribution < 1.29 is 9.18 Å². The molecule has 1 rings (SSSR count). The first-order valence-electron chi connectivity index (χ1n) is 3.92. The van der Waals surface area contributed by atoms with E-state index in [0.717, 1.165) is 0 Å². The van der Waals surface area contributed by atoms with Crippen molar-refractivity contribution in [3.63, 3.8) is 0 Å². The van der Waals surface area contributed by atoms with E-state index in [0.29, 0.717) is 0 Å². The number of nitriles is 1. The molecule has 14 heavy (non-hydrogen) atoms. The van der Waals surface area contributed by atoms with Gasteiger partial charge in [-0.1, -0.05) is 17.7 Å². The maximum atomic E-state index is 13.3. The average molecular weight is 212 g/mol. The van der Waals surface area contributed by atoms with Gasteiger partial charge < -0.3 is 0 Å². The van der Waals surface area contributed by atoms with Crippen LogP contribution in [0, 0.1) is 17.1 Å². The van der Waals surface area contributed by atoms with Gasteiger partial charge in [0, 0.05) is 10.6 Å². The van der Waals surface area contributed by atoms with Gasteiger partial charge in [0.25, 0.3) is 0 Å². The van der Waals surface area contributed by atoms with Crippen LogP contribution in [0.2, 0.25) is 5.02 Å². The fourth-order valence-electron chi connectivity index (χ4n) is 1.15. The third-order valence-electron chi connectivity index (χ3n) is 1.82. The zero-order valence-corrected chi connectivity index (χ0v) is 8.18.